The summed E-state index contributed by atoms with van der Waals surface area (Å²) >= 11 is 0. The molecule has 0 bridgehead atoms. The number of aromatic nitrogens is 4. The first kappa shape index (κ1) is 15.5. The van der Waals surface area contributed by atoms with Crippen LogP contribution in [-0.4, -0.2) is 39.1 Å². The number of benzene rings is 2. The zero-order chi connectivity index (χ0) is 17.4. The molecule has 0 radical (unpaired) electrons. The third kappa shape index (κ3) is 2.78. The van der Waals surface area contributed by atoms with Crippen molar-refractivity contribution in [2.75, 3.05) is 14.1 Å². The number of nitrogens with zero attached hydrogens (tertiary/aromatic N) is 4. The summed E-state index contributed by atoms with van der Waals surface area (Å²) in [6, 6.07) is 11.8. The monoisotopic (exact) mass is 337 g/mol. The summed E-state index contributed by atoms with van der Waals surface area (Å²) < 4.78 is 19.7. The molecule has 0 saturated carbocycles. The second-order valence-corrected chi connectivity index (χ2v) is 5.98. The maximum absolute atomic E-state index is 14.2. The summed E-state index contributed by atoms with van der Waals surface area (Å²) in [6.45, 7) is 0. The molecule has 1 N–H and O–H groups in total. The number of aromatic amines is 1. The Hall–Kier alpha value is -3.06. The van der Waals surface area contributed by atoms with Crippen LogP contribution in [0.1, 0.15) is 17.5 Å². The van der Waals surface area contributed by atoms with Gasteiger partial charge in [0.1, 0.15) is 11.9 Å². The van der Waals surface area contributed by atoms with E-state index < -0.39 is 6.04 Å². The van der Waals surface area contributed by atoms with Gasteiger partial charge in [0.05, 0.1) is 17.4 Å². The van der Waals surface area contributed by atoms with E-state index in [0.29, 0.717) is 17.3 Å². The summed E-state index contributed by atoms with van der Waals surface area (Å²) in [5.41, 5.74) is 3.05. The average Bonchev–Trinajstić information content (AvgIpc) is 3.25. The van der Waals surface area contributed by atoms with E-state index in [1.165, 1.54) is 6.07 Å². The van der Waals surface area contributed by atoms with Crippen LogP contribution in [0, 0.1) is 5.82 Å². The van der Waals surface area contributed by atoms with E-state index in [0.717, 1.165) is 16.6 Å². The molecule has 25 heavy (non-hydrogen) atoms. The molecular formula is C18H16FN5O. The quantitative estimate of drug-likeness (QED) is 0.618. The molecular weight excluding hydrogens is 321 g/mol. The van der Waals surface area contributed by atoms with Crippen LogP contribution in [0.15, 0.2) is 53.3 Å². The largest absolute Gasteiger partial charge is 0.345 e. The topological polar surface area (TPSA) is 70.8 Å². The van der Waals surface area contributed by atoms with Gasteiger partial charge in [-0.05, 0) is 38.4 Å². The lowest BCUT2D eigenvalue weighted by molar-refractivity contribution is 0.256. The number of H-pyrrole nitrogens is 1. The zero-order valence-corrected chi connectivity index (χ0v) is 13.8. The Morgan fingerprint density at radius 3 is 2.80 bits per heavy atom. The lowest BCUT2D eigenvalue weighted by Gasteiger charge is -2.21. The first-order valence-electron chi connectivity index (χ1n) is 7.81. The average molecular weight is 337 g/mol. The highest BCUT2D eigenvalue weighted by Crippen LogP contribution is 2.29. The van der Waals surface area contributed by atoms with E-state index in [-0.39, 0.29) is 5.82 Å². The van der Waals surface area contributed by atoms with Gasteiger partial charge in [-0.15, -0.1) is 0 Å². The van der Waals surface area contributed by atoms with Gasteiger partial charge in [-0.25, -0.2) is 9.37 Å². The van der Waals surface area contributed by atoms with Gasteiger partial charge < -0.3 is 9.51 Å². The van der Waals surface area contributed by atoms with Crippen LogP contribution in [0.5, 0.6) is 0 Å². The molecule has 4 aromatic rings. The number of imidazole rings is 1. The number of fused-ring (bicyclic) bond motifs is 1. The molecule has 0 aliphatic rings. The van der Waals surface area contributed by atoms with Gasteiger partial charge in [0.2, 0.25) is 11.7 Å². The minimum atomic E-state index is -0.460. The molecule has 0 spiro atoms. The molecule has 6 nitrogen and oxygen atoms in total. The summed E-state index contributed by atoms with van der Waals surface area (Å²) in [6.07, 6.45) is 1.64. The Balaban J connectivity index is 1.74. The molecule has 0 aliphatic carbocycles. The van der Waals surface area contributed by atoms with Crippen molar-refractivity contribution in [2.45, 2.75) is 6.04 Å². The summed E-state index contributed by atoms with van der Waals surface area (Å²) in [4.78, 5) is 13.6. The molecule has 126 valence electrons. The first-order valence-corrected chi connectivity index (χ1v) is 7.81. The third-order valence-electron chi connectivity index (χ3n) is 4.07. The van der Waals surface area contributed by atoms with Crippen molar-refractivity contribution in [3.63, 3.8) is 0 Å². The Morgan fingerprint density at radius 2 is 2.00 bits per heavy atom. The normalized spacial score (nSPS) is 12.8. The maximum atomic E-state index is 14.2. The number of hydrogen-bond donors (Lipinski definition) is 1. The van der Waals surface area contributed by atoms with Gasteiger partial charge >= 0.3 is 0 Å². The summed E-state index contributed by atoms with van der Waals surface area (Å²) in [5, 5.41) is 4.07. The van der Waals surface area contributed by atoms with E-state index in [9.17, 15) is 4.39 Å². The Kier molecular flexibility index (Phi) is 3.77. The number of halogens is 1. The van der Waals surface area contributed by atoms with Gasteiger partial charge in [-0.3, -0.25) is 4.90 Å². The van der Waals surface area contributed by atoms with Crippen LogP contribution >= 0.6 is 0 Å². The van der Waals surface area contributed by atoms with Crippen LogP contribution in [0.2, 0.25) is 0 Å². The van der Waals surface area contributed by atoms with Gasteiger partial charge in [-0.2, -0.15) is 4.98 Å². The van der Waals surface area contributed by atoms with Gasteiger partial charge in [0.15, 0.2) is 0 Å². The molecule has 0 unspecified atom stereocenters. The number of rotatable bonds is 4. The lowest BCUT2D eigenvalue weighted by Crippen LogP contribution is -2.22. The molecule has 7 heteroatoms. The van der Waals surface area contributed by atoms with Crippen LogP contribution in [0.4, 0.5) is 4.39 Å². The van der Waals surface area contributed by atoms with Gasteiger partial charge in [-0.1, -0.05) is 23.4 Å². The highest BCUT2D eigenvalue weighted by Gasteiger charge is 2.26. The molecule has 2 aromatic carbocycles. The van der Waals surface area contributed by atoms with Crippen molar-refractivity contribution >= 4 is 11.0 Å². The third-order valence-corrected chi connectivity index (χ3v) is 4.07. The maximum Gasteiger partial charge on any atom is 0.249 e. The molecule has 4 rings (SSSR count). The molecule has 0 aliphatic heterocycles. The predicted molar refractivity (Wildman–Crippen MR) is 91.3 cm³/mol. The van der Waals surface area contributed by atoms with Crippen LogP contribution < -0.4 is 0 Å². The molecule has 0 saturated heterocycles. The minimum Gasteiger partial charge on any atom is -0.345 e. The fourth-order valence-corrected chi connectivity index (χ4v) is 2.87. The minimum absolute atomic E-state index is 0.306. The van der Waals surface area contributed by atoms with E-state index in [2.05, 4.69) is 20.1 Å². The van der Waals surface area contributed by atoms with Crippen LogP contribution in [0.3, 0.4) is 0 Å². The zero-order valence-electron chi connectivity index (χ0n) is 13.8. The fraction of sp³-hybridized carbons (Fsp3) is 0.167. The van der Waals surface area contributed by atoms with Crippen molar-refractivity contribution in [2.24, 2.45) is 0 Å². The van der Waals surface area contributed by atoms with E-state index in [1.54, 1.807) is 24.5 Å². The van der Waals surface area contributed by atoms with Crippen molar-refractivity contribution in [1.82, 2.24) is 25.0 Å². The number of nitrogens with one attached hydrogen (secondary N) is 1. The van der Waals surface area contributed by atoms with Gasteiger partial charge in [0.25, 0.3) is 0 Å². The molecule has 0 fully saturated rings. The lowest BCUT2D eigenvalue weighted by atomic mass is 10.1. The Morgan fingerprint density at radius 1 is 1.16 bits per heavy atom. The highest BCUT2D eigenvalue weighted by molar-refractivity contribution is 5.79. The van der Waals surface area contributed by atoms with Crippen molar-refractivity contribution < 1.29 is 8.91 Å². The molecule has 2 heterocycles. The SMILES string of the molecule is CN(C)[C@@H](c1nc(-c2ccc3nc[nH]c3c2)no1)c1ccccc1F. The van der Waals surface area contributed by atoms with E-state index in [4.69, 9.17) is 4.52 Å². The predicted octanol–water partition coefficient (Wildman–Crippen LogP) is 3.40. The van der Waals surface area contributed by atoms with Crippen molar-refractivity contribution in [3.05, 3.63) is 66.1 Å². The van der Waals surface area contributed by atoms with Gasteiger partial charge in [0, 0.05) is 11.1 Å². The highest BCUT2D eigenvalue weighted by atomic mass is 19.1. The van der Waals surface area contributed by atoms with E-state index >= 15 is 0 Å². The van der Waals surface area contributed by atoms with Crippen molar-refractivity contribution in [1.29, 1.82) is 0 Å². The molecule has 2 aromatic heterocycles. The van der Waals surface area contributed by atoms with Crippen LogP contribution in [0.25, 0.3) is 22.4 Å². The molecule has 0 amide bonds. The fourth-order valence-electron chi connectivity index (χ4n) is 2.87. The van der Waals surface area contributed by atoms with Crippen LogP contribution in [-0.2, 0) is 0 Å². The Labute approximate surface area is 143 Å². The summed E-state index contributed by atoms with van der Waals surface area (Å²) in [5.74, 6) is 0.490. The molecule has 1 atom stereocenters. The standard InChI is InChI=1S/C18H16FN5O/c1-24(2)16(12-5-3-4-6-13(12)19)18-22-17(23-25-18)11-7-8-14-15(9-11)21-10-20-14/h3-10,16H,1-2H3,(H,20,21)/t16-/m1/s1. The second kappa shape index (κ2) is 6.10. The second-order valence-electron chi connectivity index (χ2n) is 5.98. The summed E-state index contributed by atoms with van der Waals surface area (Å²) in [7, 11) is 3.69. The van der Waals surface area contributed by atoms with Crippen molar-refractivity contribution in [3.8, 4) is 11.4 Å². The Bertz CT molecular complexity index is 1020. The number of hydrogen-bond acceptors (Lipinski definition) is 5. The smallest absolute Gasteiger partial charge is 0.249 e. The first-order chi connectivity index (χ1) is 12.1. The van der Waals surface area contributed by atoms with E-state index in [1.807, 2.05) is 37.2 Å².